The molecule has 3 rings (SSSR count). The van der Waals surface area contributed by atoms with Gasteiger partial charge in [0.2, 0.25) is 0 Å². The first-order chi connectivity index (χ1) is 10.2. The number of nitrogens with two attached hydrogens (primary N) is 2. The molecule has 0 saturated carbocycles. The van der Waals surface area contributed by atoms with Gasteiger partial charge in [-0.1, -0.05) is 30.3 Å². The normalized spacial score (nSPS) is 16.2. The van der Waals surface area contributed by atoms with Gasteiger partial charge in [0.05, 0.1) is 12.6 Å². The number of hydrogen-bond donors (Lipinski definition) is 2. The van der Waals surface area contributed by atoms with Crippen LogP contribution in [0.4, 0.5) is 0 Å². The Hall–Kier alpha value is -1.85. The maximum atomic E-state index is 5.52. The molecule has 1 aliphatic rings. The minimum Gasteiger partial charge on any atom is -0.370 e. The van der Waals surface area contributed by atoms with Crippen LogP contribution in [-0.2, 0) is 13.0 Å². The minimum atomic E-state index is 0.157. The Morgan fingerprint density at radius 1 is 1.24 bits per heavy atom. The number of aliphatic imine (C=N–C) groups is 1. The molecule has 4 nitrogen and oxygen atoms in total. The Labute approximate surface area is 129 Å². The molecular weight excluding hydrogens is 280 g/mol. The van der Waals surface area contributed by atoms with Gasteiger partial charge in [-0.15, -0.1) is 11.3 Å². The topological polar surface area (TPSA) is 67.6 Å². The Morgan fingerprint density at radius 2 is 2.05 bits per heavy atom. The highest BCUT2D eigenvalue weighted by atomic mass is 32.1. The summed E-state index contributed by atoms with van der Waals surface area (Å²) in [6, 6.07) is 12.9. The summed E-state index contributed by atoms with van der Waals surface area (Å²) in [5, 5.41) is 2.18. The van der Waals surface area contributed by atoms with Gasteiger partial charge >= 0.3 is 0 Å². The zero-order chi connectivity index (χ0) is 14.7. The average molecular weight is 300 g/mol. The van der Waals surface area contributed by atoms with Crippen LogP contribution in [0, 0.1) is 0 Å². The lowest BCUT2D eigenvalue weighted by Gasteiger charge is -2.34. The summed E-state index contributed by atoms with van der Waals surface area (Å²) < 4.78 is 0. The highest BCUT2D eigenvalue weighted by molar-refractivity contribution is 7.10. The van der Waals surface area contributed by atoms with Crippen molar-refractivity contribution in [2.45, 2.75) is 19.0 Å². The second kappa shape index (κ2) is 6.28. The predicted octanol–water partition coefficient (Wildman–Crippen LogP) is 2.12. The predicted molar refractivity (Wildman–Crippen MR) is 88.3 cm³/mol. The molecule has 2 aromatic rings. The van der Waals surface area contributed by atoms with Crippen LogP contribution >= 0.6 is 11.3 Å². The van der Waals surface area contributed by atoms with Crippen molar-refractivity contribution in [3.63, 3.8) is 0 Å². The minimum absolute atomic E-state index is 0.157. The molecule has 0 bridgehead atoms. The lowest BCUT2D eigenvalue weighted by molar-refractivity contribution is 0.185. The van der Waals surface area contributed by atoms with E-state index in [1.54, 1.807) is 0 Å². The van der Waals surface area contributed by atoms with Crippen LogP contribution in [0.2, 0.25) is 0 Å². The lowest BCUT2D eigenvalue weighted by atomic mass is 10.0. The number of guanidine groups is 1. The molecule has 0 amide bonds. The Balaban J connectivity index is 1.84. The Kier molecular flexibility index (Phi) is 4.22. The molecule has 1 aromatic carbocycles. The SMILES string of the molecule is NC(N)=NCC(c1ccccc1)N1CCc2sccc2C1. The number of hydrogen-bond acceptors (Lipinski definition) is 3. The van der Waals surface area contributed by atoms with Gasteiger partial charge in [-0.25, -0.2) is 0 Å². The van der Waals surface area contributed by atoms with Crippen LogP contribution < -0.4 is 11.5 Å². The van der Waals surface area contributed by atoms with Gasteiger partial charge in [-0.3, -0.25) is 9.89 Å². The van der Waals surface area contributed by atoms with Crippen molar-refractivity contribution in [1.29, 1.82) is 0 Å². The second-order valence-corrected chi connectivity index (χ2v) is 6.28. The van der Waals surface area contributed by atoms with Gasteiger partial charge in [0, 0.05) is 18.0 Å². The van der Waals surface area contributed by atoms with Crippen LogP contribution in [0.1, 0.15) is 22.0 Å². The van der Waals surface area contributed by atoms with E-state index in [1.165, 1.54) is 16.0 Å². The molecule has 110 valence electrons. The third kappa shape index (κ3) is 3.25. The summed E-state index contributed by atoms with van der Waals surface area (Å²) in [4.78, 5) is 8.24. The van der Waals surface area contributed by atoms with Crippen LogP contribution in [0.5, 0.6) is 0 Å². The maximum Gasteiger partial charge on any atom is 0.185 e. The molecule has 5 heteroatoms. The standard InChI is InChI=1S/C16H20N4S/c17-16(18)19-10-14(12-4-2-1-3-5-12)20-8-6-15-13(11-20)7-9-21-15/h1-5,7,9,14H,6,8,10-11H2,(H4,17,18,19). The van der Waals surface area contributed by atoms with Crippen LogP contribution in [0.25, 0.3) is 0 Å². The third-order valence-electron chi connectivity index (χ3n) is 3.91. The quantitative estimate of drug-likeness (QED) is 0.671. The van der Waals surface area contributed by atoms with Crippen LogP contribution in [0.15, 0.2) is 46.8 Å². The molecular formula is C16H20N4S. The van der Waals surface area contributed by atoms with Crippen LogP contribution in [0.3, 0.4) is 0 Å². The maximum absolute atomic E-state index is 5.52. The number of rotatable bonds is 4. The summed E-state index contributed by atoms with van der Waals surface area (Å²) in [6.45, 7) is 2.62. The van der Waals surface area contributed by atoms with E-state index < -0.39 is 0 Å². The lowest BCUT2D eigenvalue weighted by Crippen LogP contribution is -2.36. The monoisotopic (exact) mass is 300 g/mol. The van der Waals surface area contributed by atoms with Gasteiger partial charge in [0.15, 0.2) is 5.96 Å². The molecule has 1 unspecified atom stereocenters. The zero-order valence-corrected chi connectivity index (χ0v) is 12.7. The molecule has 1 atom stereocenters. The van der Waals surface area contributed by atoms with Crippen molar-refractivity contribution in [2.24, 2.45) is 16.5 Å². The third-order valence-corrected chi connectivity index (χ3v) is 4.93. The fraction of sp³-hybridized carbons (Fsp3) is 0.312. The van der Waals surface area contributed by atoms with Crippen molar-refractivity contribution in [1.82, 2.24) is 4.90 Å². The molecule has 1 aromatic heterocycles. The summed E-state index contributed by atoms with van der Waals surface area (Å²) in [7, 11) is 0. The van der Waals surface area contributed by atoms with Gasteiger partial charge < -0.3 is 11.5 Å². The Bertz CT molecular complexity index is 616. The highest BCUT2D eigenvalue weighted by Crippen LogP contribution is 2.30. The number of nitrogens with zero attached hydrogens (tertiary/aromatic N) is 2. The molecule has 21 heavy (non-hydrogen) atoms. The summed E-state index contributed by atoms with van der Waals surface area (Å²) in [5.41, 5.74) is 13.7. The zero-order valence-electron chi connectivity index (χ0n) is 11.9. The first-order valence-corrected chi connectivity index (χ1v) is 8.01. The van der Waals surface area contributed by atoms with Gasteiger partial charge in [-0.05, 0) is 29.0 Å². The fourth-order valence-corrected chi connectivity index (χ4v) is 3.72. The van der Waals surface area contributed by atoms with E-state index >= 15 is 0 Å². The highest BCUT2D eigenvalue weighted by Gasteiger charge is 2.25. The first-order valence-electron chi connectivity index (χ1n) is 7.13. The number of benzene rings is 1. The van der Waals surface area contributed by atoms with Crippen molar-refractivity contribution in [3.8, 4) is 0 Å². The van der Waals surface area contributed by atoms with E-state index in [2.05, 4.69) is 45.6 Å². The van der Waals surface area contributed by atoms with E-state index in [-0.39, 0.29) is 12.0 Å². The van der Waals surface area contributed by atoms with E-state index in [0.717, 1.165) is 19.5 Å². The van der Waals surface area contributed by atoms with Gasteiger partial charge in [-0.2, -0.15) is 0 Å². The first kappa shape index (κ1) is 14.1. The summed E-state index contributed by atoms with van der Waals surface area (Å²) in [5.74, 6) is 0.157. The molecule has 4 N–H and O–H groups in total. The fourth-order valence-electron chi connectivity index (χ4n) is 2.84. The smallest absolute Gasteiger partial charge is 0.185 e. The van der Waals surface area contributed by atoms with E-state index in [9.17, 15) is 0 Å². The average Bonchev–Trinajstić information content (AvgIpc) is 2.96. The number of thiophene rings is 1. The molecule has 0 fully saturated rings. The summed E-state index contributed by atoms with van der Waals surface area (Å²) >= 11 is 1.86. The van der Waals surface area contributed by atoms with Crippen molar-refractivity contribution in [3.05, 3.63) is 57.8 Å². The van der Waals surface area contributed by atoms with Gasteiger partial charge in [0.1, 0.15) is 0 Å². The van der Waals surface area contributed by atoms with Crippen molar-refractivity contribution < 1.29 is 0 Å². The second-order valence-electron chi connectivity index (χ2n) is 5.28. The van der Waals surface area contributed by atoms with Crippen molar-refractivity contribution >= 4 is 17.3 Å². The molecule has 2 heterocycles. The van der Waals surface area contributed by atoms with E-state index in [4.69, 9.17) is 11.5 Å². The molecule has 1 aliphatic heterocycles. The van der Waals surface area contributed by atoms with E-state index in [1.807, 2.05) is 17.4 Å². The van der Waals surface area contributed by atoms with Gasteiger partial charge in [0.25, 0.3) is 0 Å². The largest absolute Gasteiger partial charge is 0.370 e. The van der Waals surface area contributed by atoms with Crippen molar-refractivity contribution in [2.75, 3.05) is 13.1 Å². The van der Waals surface area contributed by atoms with Crippen LogP contribution in [-0.4, -0.2) is 23.9 Å². The molecule has 0 radical (unpaired) electrons. The molecule has 0 aliphatic carbocycles. The summed E-state index contributed by atoms with van der Waals surface area (Å²) in [6.07, 6.45) is 1.11. The molecule has 0 spiro atoms. The number of fused-ring (bicyclic) bond motifs is 1. The van der Waals surface area contributed by atoms with E-state index in [0.29, 0.717) is 6.54 Å². The Morgan fingerprint density at radius 3 is 2.81 bits per heavy atom. The molecule has 0 saturated heterocycles.